The zero-order valence-corrected chi connectivity index (χ0v) is 14.7. The topological polar surface area (TPSA) is 27.7 Å². The molecule has 5 heteroatoms. The molecule has 0 saturated carbocycles. The van der Waals surface area contributed by atoms with E-state index in [4.69, 9.17) is 4.74 Å². The fraction of sp³-hybridized carbons (Fsp3) is 0.625. The van der Waals surface area contributed by atoms with Gasteiger partial charge in [0.05, 0.1) is 0 Å². The van der Waals surface area contributed by atoms with Gasteiger partial charge in [0.1, 0.15) is 12.4 Å². The van der Waals surface area contributed by atoms with Crippen LogP contribution in [0.3, 0.4) is 0 Å². The molecule has 21 heavy (non-hydrogen) atoms. The number of piperazine rings is 1. The van der Waals surface area contributed by atoms with Crippen LogP contribution in [0.25, 0.3) is 0 Å². The number of nitrogens with zero attached hydrogens (tertiary/aromatic N) is 2. The summed E-state index contributed by atoms with van der Waals surface area (Å²) >= 11 is 3.53. The van der Waals surface area contributed by atoms with Crippen LogP contribution in [0.4, 0.5) is 0 Å². The average molecular weight is 356 g/mol. The highest BCUT2D eigenvalue weighted by Crippen LogP contribution is 2.23. The van der Waals surface area contributed by atoms with Crippen LogP contribution >= 0.6 is 15.9 Å². The molecule has 0 spiro atoms. The molecule has 2 rings (SSSR count). The lowest BCUT2D eigenvalue weighted by atomic mass is 10.2. The lowest BCUT2D eigenvalue weighted by Crippen LogP contribution is -2.45. The monoisotopic (exact) mass is 355 g/mol. The molecule has 0 aliphatic carbocycles. The molecule has 1 heterocycles. The Bertz CT molecular complexity index is 434. The Morgan fingerprint density at radius 3 is 2.71 bits per heavy atom. The van der Waals surface area contributed by atoms with Crippen molar-refractivity contribution in [1.82, 2.24) is 15.1 Å². The molecule has 1 aliphatic heterocycles. The molecule has 0 amide bonds. The summed E-state index contributed by atoms with van der Waals surface area (Å²) in [6.45, 7) is 10.3. The van der Waals surface area contributed by atoms with Gasteiger partial charge in [0.25, 0.3) is 0 Å². The average Bonchev–Trinajstić information content (AvgIpc) is 2.49. The smallest absolute Gasteiger partial charge is 0.123 e. The first-order chi connectivity index (χ1) is 10.2. The van der Waals surface area contributed by atoms with Crippen molar-refractivity contribution in [2.75, 3.05) is 52.9 Å². The molecule has 1 aliphatic rings. The Morgan fingerprint density at radius 1 is 1.24 bits per heavy atom. The Kier molecular flexibility index (Phi) is 6.96. The number of hydrogen-bond donors (Lipinski definition) is 1. The first kappa shape index (κ1) is 16.7. The molecule has 1 aromatic carbocycles. The van der Waals surface area contributed by atoms with Gasteiger partial charge in [-0.15, -0.1) is 0 Å². The highest BCUT2D eigenvalue weighted by Gasteiger charge is 2.13. The van der Waals surface area contributed by atoms with E-state index in [1.807, 2.05) is 6.07 Å². The van der Waals surface area contributed by atoms with Crippen LogP contribution in [0.5, 0.6) is 5.75 Å². The lowest BCUT2D eigenvalue weighted by Gasteiger charge is -2.32. The molecule has 1 saturated heterocycles. The highest BCUT2D eigenvalue weighted by molar-refractivity contribution is 9.10. The molecule has 1 fully saturated rings. The van der Waals surface area contributed by atoms with Crippen molar-refractivity contribution < 1.29 is 4.74 Å². The molecular weight excluding hydrogens is 330 g/mol. The normalized spacial score (nSPS) is 17.1. The maximum absolute atomic E-state index is 6.00. The number of benzene rings is 1. The van der Waals surface area contributed by atoms with Gasteiger partial charge in [0.15, 0.2) is 0 Å². The maximum Gasteiger partial charge on any atom is 0.123 e. The van der Waals surface area contributed by atoms with E-state index in [1.165, 1.54) is 5.56 Å². The van der Waals surface area contributed by atoms with E-state index < -0.39 is 0 Å². The van der Waals surface area contributed by atoms with Gasteiger partial charge >= 0.3 is 0 Å². The van der Waals surface area contributed by atoms with Gasteiger partial charge < -0.3 is 15.0 Å². The summed E-state index contributed by atoms with van der Waals surface area (Å²) < 4.78 is 7.10. The Hall–Kier alpha value is -0.620. The third-order valence-corrected chi connectivity index (χ3v) is 4.34. The number of rotatable bonds is 7. The molecule has 1 N–H and O–H groups in total. The molecule has 4 nitrogen and oxygen atoms in total. The fourth-order valence-electron chi connectivity index (χ4n) is 2.44. The van der Waals surface area contributed by atoms with Gasteiger partial charge in [-0.25, -0.2) is 0 Å². The molecule has 0 atom stereocenters. The van der Waals surface area contributed by atoms with E-state index in [0.29, 0.717) is 0 Å². The Balaban J connectivity index is 1.81. The SMILES string of the molecule is CCNCc1cc(Br)ccc1OCCN1CCN(C)CC1. The predicted molar refractivity (Wildman–Crippen MR) is 91.0 cm³/mol. The second kappa shape index (κ2) is 8.73. The Labute approximate surface area is 136 Å². The molecule has 0 radical (unpaired) electrons. The van der Waals surface area contributed by atoms with Crippen molar-refractivity contribution in [2.24, 2.45) is 0 Å². The van der Waals surface area contributed by atoms with Crippen LogP contribution in [0, 0.1) is 0 Å². The Morgan fingerprint density at radius 2 is 2.00 bits per heavy atom. The number of hydrogen-bond acceptors (Lipinski definition) is 4. The quantitative estimate of drug-likeness (QED) is 0.811. The van der Waals surface area contributed by atoms with Gasteiger partial charge in [0.2, 0.25) is 0 Å². The summed E-state index contributed by atoms with van der Waals surface area (Å²) in [6.07, 6.45) is 0. The summed E-state index contributed by atoms with van der Waals surface area (Å²) in [5.41, 5.74) is 1.21. The van der Waals surface area contributed by atoms with E-state index >= 15 is 0 Å². The second-order valence-electron chi connectivity index (χ2n) is 5.53. The van der Waals surface area contributed by atoms with Crippen molar-refractivity contribution in [3.63, 3.8) is 0 Å². The molecule has 118 valence electrons. The fourth-order valence-corrected chi connectivity index (χ4v) is 2.85. The van der Waals surface area contributed by atoms with Gasteiger partial charge in [-0.1, -0.05) is 22.9 Å². The molecule has 0 unspecified atom stereocenters. The number of nitrogens with one attached hydrogen (secondary N) is 1. The maximum atomic E-state index is 6.00. The summed E-state index contributed by atoms with van der Waals surface area (Å²) in [5.74, 6) is 0.994. The zero-order valence-electron chi connectivity index (χ0n) is 13.1. The zero-order chi connectivity index (χ0) is 15.1. The van der Waals surface area contributed by atoms with Crippen molar-refractivity contribution in [3.05, 3.63) is 28.2 Å². The van der Waals surface area contributed by atoms with Crippen LogP contribution in [0.1, 0.15) is 12.5 Å². The third kappa shape index (κ3) is 5.58. The molecular formula is C16H26BrN3O. The van der Waals surface area contributed by atoms with Crippen molar-refractivity contribution in [1.29, 1.82) is 0 Å². The summed E-state index contributed by atoms with van der Waals surface area (Å²) in [5, 5.41) is 3.36. The minimum atomic E-state index is 0.754. The molecule has 1 aromatic rings. The summed E-state index contributed by atoms with van der Waals surface area (Å²) in [4.78, 5) is 4.85. The predicted octanol–water partition coefficient (Wildman–Crippen LogP) is 2.18. The van der Waals surface area contributed by atoms with E-state index in [2.05, 4.69) is 57.2 Å². The first-order valence-electron chi connectivity index (χ1n) is 7.72. The van der Waals surface area contributed by atoms with Crippen LogP contribution < -0.4 is 10.1 Å². The molecule has 0 bridgehead atoms. The standard InChI is InChI=1S/C16H26BrN3O/c1-3-18-13-14-12-15(17)4-5-16(14)21-11-10-20-8-6-19(2)7-9-20/h4-5,12,18H,3,6-11,13H2,1-2H3. The van der Waals surface area contributed by atoms with E-state index in [9.17, 15) is 0 Å². The minimum Gasteiger partial charge on any atom is -0.492 e. The van der Waals surface area contributed by atoms with Crippen molar-refractivity contribution in [3.8, 4) is 5.75 Å². The third-order valence-electron chi connectivity index (χ3n) is 3.85. The number of ether oxygens (including phenoxy) is 1. The molecule has 0 aromatic heterocycles. The van der Waals surface area contributed by atoms with E-state index in [1.54, 1.807) is 0 Å². The summed E-state index contributed by atoms with van der Waals surface area (Å²) in [6, 6.07) is 6.23. The minimum absolute atomic E-state index is 0.754. The number of halogens is 1. The first-order valence-corrected chi connectivity index (χ1v) is 8.51. The van der Waals surface area contributed by atoms with Gasteiger partial charge in [-0.05, 0) is 31.8 Å². The van der Waals surface area contributed by atoms with Gasteiger partial charge in [0, 0.05) is 49.3 Å². The largest absolute Gasteiger partial charge is 0.492 e. The van der Waals surface area contributed by atoms with Crippen LogP contribution in [-0.2, 0) is 6.54 Å². The lowest BCUT2D eigenvalue weighted by molar-refractivity contribution is 0.133. The van der Waals surface area contributed by atoms with Crippen LogP contribution in [0.15, 0.2) is 22.7 Å². The highest BCUT2D eigenvalue weighted by atomic mass is 79.9. The van der Waals surface area contributed by atoms with Crippen LogP contribution in [0.2, 0.25) is 0 Å². The van der Waals surface area contributed by atoms with Crippen molar-refractivity contribution >= 4 is 15.9 Å². The van der Waals surface area contributed by atoms with Crippen molar-refractivity contribution in [2.45, 2.75) is 13.5 Å². The van der Waals surface area contributed by atoms with E-state index in [0.717, 1.165) is 62.6 Å². The second-order valence-corrected chi connectivity index (χ2v) is 6.44. The summed E-state index contributed by atoms with van der Waals surface area (Å²) in [7, 11) is 2.18. The van der Waals surface area contributed by atoms with E-state index in [-0.39, 0.29) is 0 Å². The number of likely N-dealkylation sites (N-methyl/N-ethyl adjacent to an activating group) is 1. The van der Waals surface area contributed by atoms with Crippen LogP contribution in [-0.4, -0.2) is 62.7 Å². The van der Waals surface area contributed by atoms with Gasteiger partial charge in [-0.2, -0.15) is 0 Å². The van der Waals surface area contributed by atoms with Gasteiger partial charge in [-0.3, -0.25) is 4.90 Å².